The molecule has 4 rings (SSSR count). The van der Waals surface area contributed by atoms with Crippen LogP contribution in [0.2, 0.25) is 0 Å². The number of ketones is 1. The van der Waals surface area contributed by atoms with Gasteiger partial charge in [0.25, 0.3) is 5.91 Å². The SMILES string of the molecule is CCCN1C(=O)C2NC(c3ccc(NCC(=O)c4cc(C)on4)nc3)=NC2N(CCC)C1=O. The average molecular weight is 454 g/mol. The highest BCUT2D eigenvalue weighted by Crippen LogP contribution is 2.25. The van der Waals surface area contributed by atoms with Gasteiger partial charge in [0, 0.05) is 30.9 Å². The Kier molecular flexibility index (Phi) is 6.38. The summed E-state index contributed by atoms with van der Waals surface area (Å²) in [6.07, 6.45) is 2.49. The van der Waals surface area contributed by atoms with E-state index in [-0.39, 0.29) is 30.0 Å². The number of fused-ring (bicyclic) bond motifs is 1. The zero-order chi connectivity index (χ0) is 23.5. The number of hydrogen-bond acceptors (Lipinski definition) is 9. The molecule has 1 fully saturated rings. The Hall–Kier alpha value is -3.76. The van der Waals surface area contributed by atoms with Crippen molar-refractivity contribution in [3.8, 4) is 0 Å². The lowest BCUT2D eigenvalue weighted by atomic mass is 10.1. The molecule has 0 radical (unpaired) electrons. The van der Waals surface area contributed by atoms with Gasteiger partial charge in [0.15, 0.2) is 11.9 Å². The first-order chi connectivity index (χ1) is 15.9. The molecule has 33 heavy (non-hydrogen) atoms. The first-order valence-electron chi connectivity index (χ1n) is 11.1. The summed E-state index contributed by atoms with van der Waals surface area (Å²) < 4.78 is 4.92. The minimum Gasteiger partial charge on any atom is -0.363 e. The maximum Gasteiger partial charge on any atom is 0.328 e. The largest absolute Gasteiger partial charge is 0.363 e. The predicted molar refractivity (Wildman–Crippen MR) is 120 cm³/mol. The fraction of sp³-hybridized carbons (Fsp3) is 0.455. The van der Waals surface area contributed by atoms with Gasteiger partial charge in [0.05, 0.1) is 6.54 Å². The van der Waals surface area contributed by atoms with Crippen LogP contribution in [0.1, 0.15) is 48.5 Å². The predicted octanol–water partition coefficient (Wildman–Crippen LogP) is 1.80. The average Bonchev–Trinajstić information content (AvgIpc) is 3.45. The number of Topliss-reactive ketones (excluding diaryl/α,β-unsaturated/α-hetero) is 1. The highest BCUT2D eigenvalue weighted by molar-refractivity contribution is 6.08. The summed E-state index contributed by atoms with van der Waals surface area (Å²) >= 11 is 0. The molecule has 0 saturated carbocycles. The number of hydrogen-bond donors (Lipinski definition) is 2. The van der Waals surface area contributed by atoms with Crippen LogP contribution < -0.4 is 10.6 Å². The zero-order valence-corrected chi connectivity index (χ0v) is 18.9. The van der Waals surface area contributed by atoms with E-state index in [2.05, 4.69) is 25.8 Å². The smallest absolute Gasteiger partial charge is 0.328 e. The van der Waals surface area contributed by atoms with Crippen molar-refractivity contribution < 1.29 is 18.9 Å². The van der Waals surface area contributed by atoms with Crippen LogP contribution in [0, 0.1) is 6.92 Å². The molecule has 2 aromatic heterocycles. The molecule has 0 aliphatic carbocycles. The fourth-order valence-corrected chi connectivity index (χ4v) is 3.89. The Morgan fingerprint density at radius 2 is 2.00 bits per heavy atom. The van der Waals surface area contributed by atoms with Crippen molar-refractivity contribution in [1.82, 2.24) is 25.3 Å². The minimum absolute atomic E-state index is 0.0253. The van der Waals surface area contributed by atoms with Gasteiger partial charge >= 0.3 is 6.03 Å². The lowest BCUT2D eigenvalue weighted by molar-refractivity contribution is -0.134. The summed E-state index contributed by atoms with van der Waals surface area (Å²) in [6.45, 7) is 6.57. The van der Waals surface area contributed by atoms with Gasteiger partial charge in [-0.05, 0) is 31.9 Å². The first-order valence-corrected chi connectivity index (χ1v) is 11.1. The van der Waals surface area contributed by atoms with Crippen LogP contribution in [-0.4, -0.2) is 75.3 Å². The van der Waals surface area contributed by atoms with Crippen molar-refractivity contribution in [2.75, 3.05) is 25.0 Å². The number of rotatable bonds is 9. The normalized spacial score (nSPS) is 19.9. The van der Waals surface area contributed by atoms with E-state index in [9.17, 15) is 14.4 Å². The summed E-state index contributed by atoms with van der Waals surface area (Å²) in [5, 5.41) is 9.85. The zero-order valence-electron chi connectivity index (χ0n) is 18.9. The number of pyridine rings is 1. The molecular weight excluding hydrogens is 426 g/mol. The third-order valence-electron chi connectivity index (χ3n) is 5.47. The molecule has 11 nitrogen and oxygen atoms in total. The number of aryl methyl sites for hydroxylation is 1. The van der Waals surface area contributed by atoms with Gasteiger partial charge in [-0.3, -0.25) is 19.4 Å². The quantitative estimate of drug-likeness (QED) is 0.549. The summed E-state index contributed by atoms with van der Waals surface area (Å²) in [5.74, 6) is 1.13. The number of carbonyl (C=O) groups is 3. The van der Waals surface area contributed by atoms with Crippen molar-refractivity contribution in [1.29, 1.82) is 0 Å². The number of urea groups is 1. The third kappa shape index (κ3) is 4.43. The number of anilines is 1. The van der Waals surface area contributed by atoms with Gasteiger partial charge in [-0.25, -0.2) is 14.8 Å². The molecule has 2 aromatic rings. The number of nitrogens with one attached hydrogen (secondary N) is 2. The van der Waals surface area contributed by atoms with Crippen LogP contribution in [0.4, 0.5) is 10.6 Å². The summed E-state index contributed by atoms with van der Waals surface area (Å²) in [5.41, 5.74) is 0.948. The molecule has 2 atom stereocenters. The number of aliphatic imine (C=N–C) groups is 1. The van der Waals surface area contributed by atoms with Crippen molar-refractivity contribution in [2.45, 2.75) is 45.8 Å². The molecule has 4 heterocycles. The maximum atomic E-state index is 12.9. The maximum absolute atomic E-state index is 12.9. The van der Waals surface area contributed by atoms with Gasteiger partial charge in [-0.2, -0.15) is 0 Å². The third-order valence-corrected chi connectivity index (χ3v) is 5.47. The first kappa shape index (κ1) is 22.4. The van der Waals surface area contributed by atoms with Crippen LogP contribution in [0.15, 0.2) is 33.9 Å². The van der Waals surface area contributed by atoms with Crippen LogP contribution in [-0.2, 0) is 4.79 Å². The minimum atomic E-state index is -0.614. The number of aromatic nitrogens is 2. The summed E-state index contributed by atoms with van der Waals surface area (Å²) in [6, 6.07) is 4.20. The van der Waals surface area contributed by atoms with Gasteiger partial charge in [0.2, 0.25) is 5.78 Å². The van der Waals surface area contributed by atoms with Crippen molar-refractivity contribution in [2.24, 2.45) is 4.99 Å². The van der Waals surface area contributed by atoms with Crippen LogP contribution >= 0.6 is 0 Å². The number of amidine groups is 1. The molecule has 2 unspecified atom stereocenters. The molecule has 174 valence electrons. The lowest BCUT2D eigenvalue weighted by Crippen LogP contribution is -2.65. The van der Waals surface area contributed by atoms with Crippen LogP contribution in [0.5, 0.6) is 0 Å². The van der Waals surface area contributed by atoms with Crippen LogP contribution in [0.3, 0.4) is 0 Å². The monoisotopic (exact) mass is 453 g/mol. The van der Waals surface area contributed by atoms with E-state index in [0.717, 1.165) is 6.42 Å². The Morgan fingerprint density at radius 1 is 1.21 bits per heavy atom. The number of carbonyl (C=O) groups excluding carboxylic acids is 3. The molecule has 0 spiro atoms. The molecule has 2 N–H and O–H groups in total. The second-order valence-corrected chi connectivity index (χ2v) is 8.01. The Labute approximate surface area is 191 Å². The van der Waals surface area contributed by atoms with Gasteiger partial charge < -0.3 is 15.2 Å². The fourth-order valence-electron chi connectivity index (χ4n) is 3.89. The van der Waals surface area contributed by atoms with Gasteiger partial charge in [0.1, 0.15) is 23.5 Å². The van der Waals surface area contributed by atoms with E-state index in [1.165, 1.54) is 4.90 Å². The topological polar surface area (TPSA) is 133 Å². The molecule has 11 heteroatoms. The van der Waals surface area contributed by atoms with E-state index in [1.807, 2.05) is 13.8 Å². The molecule has 0 aromatic carbocycles. The van der Waals surface area contributed by atoms with Gasteiger partial charge in [-0.1, -0.05) is 19.0 Å². The van der Waals surface area contributed by atoms with Crippen molar-refractivity contribution in [3.63, 3.8) is 0 Å². The molecule has 1 saturated heterocycles. The van der Waals surface area contributed by atoms with E-state index < -0.39 is 12.2 Å². The molecule has 3 amide bonds. The second-order valence-electron chi connectivity index (χ2n) is 8.01. The second kappa shape index (κ2) is 9.39. The molecule has 2 aliphatic heterocycles. The highest BCUT2D eigenvalue weighted by atomic mass is 16.5. The standard InChI is InChI=1S/C22H27N7O4/c1-4-8-28-20-18(21(31)29(9-5-2)22(28)32)25-19(26-20)14-6-7-17(23-11-14)24-12-16(30)15-10-13(3)33-27-15/h6-7,10-11,18,20H,4-5,8-9,12H2,1-3H3,(H,23,24)(H,25,26). The number of nitrogens with zero attached hydrogens (tertiary/aromatic N) is 5. The Bertz CT molecular complexity index is 1080. The number of amides is 3. The Morgan fingerprint density at radius 3 is 2.64 bits per heavy atom. The van der Waals surface area contributed by atoms with Gasteiger partial charge in [-0.15, -0.1) is 0 Å². The van der Waals surface area contributed by atoms with Crippen molar-refractivity contribution in [3.05, 3.63) is 41.4 Å². The van der Waals surface area contributed by atoms with E-state index in [1.54, 1.807) is 36.2 Å². The van der Waals surface area contributed by atoms with E-state index in [0.29, 0.717) is 42.5 Å². The molecule has 2 aliphatic rings. The lowest BCUT2D eigenvalue weighted by Gasteiger charge is -2.40. The van der Waals surface area contributed by atoms with E-state index >= 15 is 0 Å². The van der Waals surface area contributed by atoms with E-state index in [4.69, 9.17) is 4.52 Å². The molecular formula is C22H27N7O4. The summed E-state index contributed by atoms with van der Waals surface area (Å²) in [4.78, 5) is 49.9. The number of imide groups is 1. The van der Waals surface area contributed by atoms with Crippen LogP contribution in [0.25, 0.3) is 0 Å². The highest BCUT2D eigenvalue weighted by Gasteiger charge is 2.49. The summed E-state index contributed by atoms with van der Waals surface area (Å²) in [7, 11) is 0. The van der Waals surface area contributed by atoms with Crippen molar-refractivity contribution >= 4 is 29.4 Å². The molecule has 0 bridgehead atoms. The Balaban J connectivity index is 1.45.